The van der Waals surface area contributed by atoms with Crippen LogP contribution in [0.25, 0.3) is 0 Å². The third-order valence-corrected chi connectivity index (χ3v) is 5.74. The van der Waals surface area contributed by atoms with Crippen LogP contribution in [0, 0.1) is 22.7 Å². The van der Waals surface area contributed by atoms with E-state index in [-0.39, 0.29) is 30.5 Å². The van der Waals surface area contributed by atoms with Gasteiger partial charge in [-0.05, 0) is 37.0 Å². The van der Waals surface area contributed by atoms with Gasteiger partial charge in [-0.25, -0.2) is 0 Å². The molecule has 2 aliphatic rings. The summed E-state index contributed by atoms with van der Waals surface area (Å²) in [6, 6.07) is 0. The maximum Gasteiger partial charge on any atom is 0.312 e. The number of carboxylic acids is 1. The lowest BCUT2D eigenvalue weighted by Gasteiger charge is -2.57. The summed E-state index contributed by atoms with van der Waals surface area (Å²) in [5.74, 6) is -1.02. The fraction of sp³-hybridized carbons (Fsp3) is 0.800. The molecule has 0 saturated heterocycles. The molecule has 108 valence electrons. The minimum absolute atomic E-state index is 0.0208. The monoisotopic (exact) mass is 268 g/mol. The molecule has 4 unspecified atom stereocenters. The van der Waals surface area contributed by atoms with Crippen LogP contribution in [0.2, 0.25) is 0 Å². The quantitative estimate of drug-likeness (QED) is 0.682. The normalized spacial score (nSPS) is 42.8. The van der Waals surface area contributed by atoms with E-state index in [9.17, 15) is 20.1 Å². The Morgan fingerprint density at radius 3 is 2.63 bits per heavy atom. The molecule has 4 atom stereocenters. The summed E-state index contributed by atoms with van der Waals surface area (Å²) in [5.41, 5.74) is -0.273. The Balaban J connectivity index is 2.45. The van der Waals surface area contributed by atoms with Gasteiger partial charge in [0, 0.05) is 5.92 Å². The number of hydrogen-bond acceptors (Lipinski definition) is 3. The predicted octanol–water partition coefficient (Wildman–Crippen LogP) is 1.81. The van der Waals surface area contributed by atoms with Crippen molar-refractivity contribution in [2.75, 3.05) is 13.2 Å². The molecule has 3 N–H and O–H groups in total. The molecule has 0 aromatic carbocycles. The topological polar surface area (TPSA) is 77.8 Å². The first-order valence-corrected chi connectivity index (χ1v) is 7.05. The van der Waals surface area contributed by atoms with Crippen LogP contribution in [0.5, 0.6) is 0 Å². The number of aliphatic carboxylic acids is 1. The van der Waals surface area contributed by atoms with Crippen LogP contribution in [0.15, 0.2) is 12.2 Å². The Hall–Kier alpha value is -0.870. The van der Waals surface area contributed by atoms with Gasteiger partial charge in [0.2, 0.25) is 0 Å². The SMILES string of the molecule is C=C1CCC2C(CO)(C(=O)O)CCCC2(C)C1CO. The van der Waals surface area contributed by atoms with Gasteiger partial charge in [-0.15, -0.1) is 0 Å². The van der Waals surface area contributed by atoms with Crippen molar-refractivity contribution in [2.45, 2.75) is 39.0 Å². The summed E-state index contributed by atoms with van der Waals surface area (Å²) in [4.78, 5) is 11.7. The van der Waals surface area contributed by atoms with Crippen LogP contribution in [-0.4, -0.2) is 34.5 Å². The van der Waals surface area contributed by atoms with Gasteiger partial charge in [-0.2, -0.15) is 0 Å². The van der Waals surface area contributed by atoms with Crippen LogP contribution in [0.1, 0.15) is 39.0 Å². The lowest BCUT2D eigenvalue weighted by Crippen LogP contribution is -2.56. The average molecular weight is 268 g/mol. The lowest BCUT2D eigenvalue weighted by atomic mass is 9.47. The van der Waals surface area contributed by atoms with E-state index in [1.54, 1.807) is 0 Å². The van der Waals surface area contributed by atoms with Crippen molar-refractivity contribution in [1.29, 1.82) is 0 Å². The number of hydrogen-bond donors (Lipinski definition) is 3. The first kappa shape index (κ1) is 14.5. The fourth-order valence-corrected chi connectivity index (χ4v) is 4.61. The van der Waals surface area contributed by atoms with E-state index in [0.717, 1.165) is 31.3 Å². The highest BCUT2D eigenvalue weighted by Gasteiger charge is 2.59. The zero-order valence-electron chi connectivity index (χ0n) is 11.6. The molecule has 0 heterocycles. The molecule has 19 heavy (non-hydrogen) atoms. The van der Waals surface area contributed by atoms with Crippen molar-refractivity contribution >= 4 is 5.97 Å². The van der Waals surface area contributed by atoms with Crippen molar-refractivity contribution in [3.63, 3.8) is 0 Å². The Bertz CT molecular complexity index is 392. The number of fused-ring (bicyclic) bond motifs is 1. The van der Waals surface area contributed by atoms with Crippen molar-refractivity contribution in [1.82, 2.24) is 0 Å². The summed E-state index contributed by atoms with van der Waals surface area (Å²) < 4.78 is 0. The predicted molar refractivity (Wildman–Crippen MR) is 71.6 cm³/mol. The first-order valence-electron chi connectivity index (χ1n) is 7.05. The molecule has 0 amide bonds. The highest BCUT2D eigenvalue weighted by atomic mass is 16.4. The number of carboxylic acid groups (broad SMARTS) is 1. The fourth-order valence-electron chi connectivity index (χ4n) is 4.61. The van der Waals surface area contributed by atoms with E-state index in [1.807, 2.05) is 0 Å². The molecule has 0 radical (unpaired) electrons. The second-order valence-electron chi connectivity index (χ2n) is 6.46. The van der Waals surface area contributed by atoms with Gasteiger partial charge in [0.25, 0.3) is 0 Å². The Morgan fingerprint density at radius 1 is 1.42 bits per heavy atom. The van der Waals surface area contributed by atoms with E-state index in [4.69, 9.17) is 0 Å². The molecule has 2 fully saturated rings. The molecule has 2 saturated carbocycles. The van der Waals surface area contributed by atoms with Gasteiger partial charge in [0.1, 0.15) is 0 Å². The summed E-state index contributed by atoms with van der Waals surface area (Å²) in [7, 11) is 0. The second-order valence-corrected chi connectivity index (χ2v) is 6.46. The van der Waals surface area contributed by atoms with Gasteiger partial charge in [0.05, 0.1) is 18.6 Å². The third-order valence-electron chi connectivity index (χ3n) is 5.74. The zero-order valence-corrected chi connectivity index (χ0v) is 11.6. The van der Waals surface area contributed by atoms with Crippen molar-refractivity contribution < 1.29 is 20.1 Å². The van der Waals surface area contributed by atoms with E-state index < -0.39 is 11.4 Å². The molecule has 2 rings (SSSR count). The maximum atomic E-state index is 11.7. The summed E-state index contributed by atoms with van der Waals surface area (Å²) in [6.07, 6.45) is 3.71. The van der Waals surface area contributed by atoms with Crippen LogP contribution < -0.4 is 0 Å². The molecule has 0 aromatic heterocycles. The van der Waals surface area contributed by atoms with E-state index in [0.29, 0.717) is 6.42 Å². The Kier molecular flexibility index (Phi) is 3.76. The van der Waals surface area contributed by atoms with E-state index in [2.05, 4.69) is 13.5 Å². The zero-order chi connectivity index (χ0) is 14.3. The first-order chi connectivity index (χ1) is 8.92. The number of carbonyl (C=O) groups is 1. The smallest absolute Gasteiger partial charge is 0.312 e. The molecule has 4 heteroatoms. The molecule has 0 bridgehead atoms. The van der Waals surface area contributed by atoms with Crippen LogP contribution in [0.3, 0.4) is 0 Å². The van der Waals surface area contributed by atoms with Gasteiger partial charge in [0.15, 0.2) is 0 Å². The number of rotatable bonds is 3. The molecule has 0 aromatic rings. The highest BCUT2D eigenvalue weighted by molar-refractivity contribution is 5.75. The van der Waals surface area contributed by atoms with Crippen LogP contribution in [-0.2, 0) is 4.79 Å². The summed E-state index contributed by atoms with van der Waals surface area (Å²) in [5, 5.41) is 29.0. The molecule has 4 nitrogen and oxygen atoms in total. The van der Waals surface area contributed by atoms with Crippen LogP contribution >= 0.6 is 0 Å². The lowest BCUT2D eigenvalue weighted by molar-refractivity contribution is -0.173. The Labute approximate surface area is 114 Å². The van der Waals surface area contributed by atoms with Crippen molar-refractivity contribution in [3.8, 4) is 0 Å². The molecule has 2 aliphatic carbocycles. The second kappa shape index (κ2) is 4.91. The van der Waals surface area contributed by atoms with Gasteiger partial charge >= 0.3 is 5.97 Å². The minimum Gasteiger partial charge on any atom is -0.481 e. The molecule has 0 aliphatic heterocycles. The van der Waals surface area contributed by atoms with Gasteiger partial charge < -0.3 is 15.3 Å². The van der Waals surface area contributed by atoms with Gasteiger partial charge in [-0.1, -0.05) is 25.5 Å². The van der Waals surface area contributed by atoms with Crippen LogP contribution in [0.4, 0.5) is 0 Å². The van der Waals surface area contributed by atoms with Crippen molar-refractivity contribution in [2.24, 2.45) is 22.7 Å². The standard InChI is InChI=1S/C15H24O4/c1-10-4-5-12-14(2,11(10)8-16)6-3-7-15(12,9-17)13(18)19/h11-12,16-17H,1,3-9H2,2H3,(H,18,19). The molecule has 0 spiro atoms. The number of aliphatic hydroxyl groups excluding tert-OH is 2. The minimum atomic E-state index is -1.04. The number of aliphatic hydroxyl groups is 2. The van der Waals surface area contributed by atoms with Gasteiger partial charge in [-0.3, -0.25) is 4.79 Å². The average Bonchev–Trinajstić information content (AvgIpc) is 2.36. The Morgan fingerprint density at radius 2 is 2.11 bits per heavy atom. The van der Waals surface area contributed by atoms with Crippen molar-refractivity contribution in [3.05, 3.63) is 12.2 Å². The highest BCUT2D eigenvalue weighted by Crippen LogP contribution is 2.60. The molecular formula is C15H24O4. The van der Waals surface area contributed by atoms with E-state index in [1.165, 1.54) is 0 Å². The largest absolute Gasteiger partial charge is 0.481 e. The van der Waals surface area contributed by atoms with E-state index >= 15 is 0 Å². The maximum absolute atomic E-state index is 11.7. The summed E-state index contributed by atoms with van der Waals surface area (Å²) >= 11 is 0. The third kappa shape index (κ3) is 1.93. The molecular weight excluding hydrogens is 244 g/mol. The summed E-state index contributed by atoms with van der Waals surface area (Å²) in [6.45, 7) is 5.82.